The summed E-state index contributed by atoms with van der Waals surface area (Å²) in [5, 5.41) is 15.2. The van der Waals surface area contributed by atoms with Crippen molar-refractivity contribution in [2.45, 2.75) is 19.2 Å². The molecule has 2 aromatic carbocycles. The Hall–Kier alpha value is -1.57. The van der Waals surface area contributed by atoms with Crippen molar-refractivity contribution in [3.8, 4) is 5.75 Å². The molecule has 1 atom stereocenters. The maximum absolute atomic E-state index is 10.4. The zero-order chi connectivity index (χ0) is 19.9. The lowest BCUT2D eigenvalue weighted by Gasteiger charge is -2.28. The lowest BCUT2D eigenvalue weighted by molar-refractivity contribution is 0.0711. The van der Waals surface area contributed by atoms with Crippen LogP contribution in [0.2, 0.25) is 0 Å². The molecule has 2 N–H and O–H groups in total. The Bertz CT molecular complexity index is 876. The first-order valence-corrected chi connectivity index (χ1v) is 12.1. The topological polar surface area (TPSA) is 44.7 Å². The van der Waals surface area contributed by atoms with Crippen molar-refractivity contribution in [1.82, 2.24) is 10.2 Å². The van der Waals surface area contributed by atoms with Crippen molar-refractivity contribution < 1.29 is 9.84 Å². The molecule has 0 saturated carbocycles. The molecule has 0 spiro atoms. The van der Waals surface area contributed by atoms with Crippen LogP contribution in [0, 0.1) is 0 Å². The molecule has 1 aromatic heterocycles. The van der Waals surface area contributed by atoms with Gasteiger partial charge in [-0.1, -0.05) is 36.4 Å². The first-order chi connectivity index (χ1) is 14.3. The number of para-hydroxylation sites is 1. The highest BCUT2D eigenvalue weighted by atomic mass is 32.2. The van der Waals surface area contributed by atoms with Crippen LogP contribution in [0.4, 0.5) is 0 Å². The van der Waals surface area contributed by atoms with Crippen molar-refractivity contribution >= 4 is 33.2 Å². The van der Waals surface area contributed by atoms with E-state index in [9.17, 15) is 5.11 Å². The molecule has 1 saturated heterocycles. The van der Waals surface area contributed by atoms with Crippen LogP contribution in [-0.4, -0.2) is 53.9 Å². The molecule has 1 fully saturated rings. The van der Waals surface area contributed by atoms with Gasteiger partial charge in [0.1, 0.15) is 18.5 Å². The van der Waals surface area contributed by atoms with Crippen molar-refractivity contribution in [3.05, 3.63) is 65.0 Å². The number of nitrogens with one attached hydrogen (secondary N) is 1. The first kappa shape index (κ1) is 20.7. The quantitative estimate of drug-likeness (QED) is 0.540. The second-order valence-electron chi connectivity index (χ2n) is 7.34. The molecule has 1 aliphatic rings. The number of fused-ring (bicyclic) bond motifs is 1. The molecule has 29 heavy (non-hydrogen) atoms. The van der Waals surface area contributed by atoms with Crippen molar-refractivity contribution in [2.75, 3.05) is 37.7 Å². The monoisotopic (exact) mass is 428 g/mol. The van der Waals surface area contributed by atoms with E-state index in [0.29, 0.717) is 13.2 Å². The third kappa shape index (κ3) is 5.96. The van der Waals surface area contributed by atoms with Gasteiger partial charge in [0.15, 0.2) is 0 Å². The van der Waals surface area contributed by atoms with E-state index in [1.807, 2.05) is 41.3 Å². The summed E-state index contributed by atoms with van der Waals surface area (Å²) >= 11 is 3.82. The lowest BCUT2D eigenvalue weighted by Crippen LogP contribution is -2.40. The number of hydrogen-bond donors (Lipinski definition) is 2. The van der Waals surface area contributed by atoms with Crippen LogP contribution in [0.1, 0.15) is 10.4 Å². The molecule has 4 nitrogen and oxygen atoms in total. The van der Waals surface area contributed by atoms with Crippen molar-refractivity contribution in [3.63, 3.8) is 0 Å². The van der Waals surface area contributed by atoms with E-state index in [0.717, 1.165) is 49.0 Å². The summed E-state index contributed by atoms with van der Waals surface area (Å²) in [6.07, 6.45) is -0.460. The molecule has 0 aliphatic carbocycles. The minimum Gasteiger partial charge on any atom is -0.491 e. The highest BCUT2D eigenvalue weighted by Gasteiger charge is 2.15. The molecule has 0 radical (unpaired) electrons. The van der Waals surface area contributed by atoms with Gasteiger partial charge in [-0.15, -0.1) is 11.3 Å². The van der Waals surface area contributed by atoms with Crippen LogP contribution in [0.3, 0.4) is 0 Å². The average Bonchev–Trinajstić information content (AvgIpc) is 3.16. The fraction of sp³-hybridized carbons (Fsp3) is 0.391. The van der Waals surface area contributed by atoms with Gasteiger partial charge in [-0.3, -0.25) is 4.90 Å². The molecule has 0 bridgehead atoms. The zero-order valence-electron chi connectivity index (χ0n) is 16.5. The molecule has 1 unspecified atom stereocenters. The number of ether oxygens (including phenoxy) is 1. The van der Waals surface area contributed by atoms with Crippen LogP contribution < -0.4 is 10.1 Å². The second kappa shape index (κ2) is 10.5. The molecule has 4 rings (SSSR count). The number of thioether (sulfide) groups is 1. The normalized spacial score (nSPS) is 16.2. The van der Waals surface area contributed by atoms with Gasteiger partial charge in [0.05, 0.1) is 0 Å². The van der Waals surface area contributed by atoms with Crippen LogP contribution in [0.25, 0.3) is 10.1 Å². The second-order valence-corrected chi connectivity index (χ2v) is 9.73. The van der Waals surface area contributed by atoms with Gasteiger partial charge in [0, 0.05) is 59.4 Å². The Labute approximate surface area is 180 Å². The molecule has 0 amide bonds. The van der Waals surface area contributed by atoms with Gasteiger partial charge in [-0.25, -0.2) is 0 Å². The number of thiophene rings is 1. The summed E-state index contributed by atoms with van der Waals surface area (Å²) in [4.78, 5) is 3.66. The van der Waals surface area contributed by atoms with Gasteiger partial charge in [0.25, 0.3) is 0 Å². The maximum Gasteiger partial charge on any atom is 0.123 e. The maximum atomic E-state index is 10.4. The average molecular weight is 429 g/mol. The van der Waals surface area contributed by atoms with E-state index >= 15 is 0 Å². The number of aliphatic hydroxyl groups is 1. The third-order valence-electron chi connectivity index (χ3n) is 5.07. The van der Waals surface area contributed by atoms with E-state index in [-0.39, 0.29) is 0 Å². The molecule has 3 aromatic rings. The number of nitrogens with zero attached hydrogens (tertiary/aromatic N) is 1. The first-order valence-electron chi connectivity index (χ1n) is 10.1. The Morgan fingerprint density at radius 2 is 1.83 bits per heavy atom. The van der Waals surface area contributed by atoms with Gasteiger partial charge >= 0.3 is 0 Å². The number of rotatable bonds is 9. The third-order valence-corrected chi connectivity index (χ3v) is 7.13. The van der Waals surface area contributed by atoms with Gasteiger partial charge < -0.3 is 15.2 Å². The predicted molar refractivity (Wildman–Crippen MR) is 124 cm³/mol. The van der Waals surface area contributed by atoms with Crippen LogP contribution in [-0.2, 0) is 13.1 Å². The summed E-state index contributed by atoms with van der Waals surface area (Å²) < 4.78 is 7.30. The molecule has 6 heteroatoms. The number of β-amino-alcohol motifs (C(OH)–C–C–N with tert-alkyl or cyclic N) is 1. The largest absolute Gasteiger partial charge is 0.491 e. The van der Waals surface area contributed by atoms with E-state index < -0.39 is 6.10 Å². The highest BCUT2D eigenvalue weighted by molar-refractivity contribution is 7.99. The van der Waals surface area contributed by atoms with E-state index in [1.165, 1.54) is 15.0 Å². The smallest absolute Gasteiger partial charge is 0.123 e. The zero-order valence-corrected chi connectivity index (χ0v) is 18.2. The van der Waals surface area contributed by atoms with Crippen LogP contribution in [0.15, 0.2) is 54.6 Å². The predicted octanol–water partition coefficient (Wildman–Crippen LogP) is 3.98. The number of benzene rings is 2. The summed E-state index contributed by atoms with van der Waals surface area (Å²) in [5.41, 5.74) is 1.12. The standard InChI is InChI=1S/C23H28N2O2S2/c26-20(16-25-9-11-28-12-10-25)17-27-22-7-3-1-6-19(22)14-24-15-21-13-18-5-2-4-8-23(18)29-21/h1-8,13,20,24,26H,9-12,14-17H2. The SMILES string of the molecule is OC(COc1ccccc1CNCc1cc2ccccc2s1)CN1CCSCC1. The Balaban J connectivity index is 1.27. The van der Waals surface area contributed by atoms with E-state index in [1.54, 1.807) is 0 Å². The van der Waals surface area contributed by atoms with E-state index in [2.05, 4.69) is 46.6 Å². The van der Waals surface area contributed by atoms with Gasteiger partial charge in [0.2, 0.25) is 0 Å². The molecular weight excluding hydrogens is 400 g/mol. The Morgan fingerprint density at radius 1 is 1.03 bits per heavy atom. The molecule has 1 aliphatic heterocycles. The lowest BCUT2D eigenvalue weighted by atomic mass is 10.2. The number of hydrogen-bond acceptors (Lipinski definition) is 6. The fourth-order valence-electron chi connectivity index (χ4n) is 3.56. The molecule has 154 valence electrons. The Morgan fingerprint density at radius 3 is 2.69 bits per heavy atom. The van der Waals surface area contributed by atoms with Gasteiger partial charge in [-0.2, -0.15) is 11.8 Å². The summed E-state index contributed by atoms with van der Waals surface area (Å²) in [7, 11) is 0. The fourth-order valence-corrected chi connectivity index (χ4v) is 5.57. The summed E-state index contributed by atoms with van der Waals surface area (Å²) in [5.74, 6) is 3.16. The van der Waals surface area contributed by atoms with Crippen molar-refractivity contribution in [1.29, 1.82) is 0 Å². The minimum absolute atomic E-state index is 0.330. The Kier molecular flexibility index (Phi) is 7.46. The highest BCUT2D eigenvalue weighted by Crippen LogP contribution is 2.25. The number of aliphatic hydroxyl groups excluding tert-OH is 1. The molecular formula is C23H28N2O2S2. The van der Waals surface area contributed by atoms with Crippen LogP contribution >= 0.6 is 23.1 Å². The molecule has 2 heterocycles. The summed E-state index contributed by atoms with van der Waals surface area (Å²) in [6, 6.07) is 18.8. The van der Waals surface area contributed by atoms with Crippen LogP contribution in [0.5, 0.6) is 5.75 Å². The van der Waals surface area contributed by atoms with E-state index in [4.69, 9.17) is 4.74 Å². The summed E-state index contributed by atoms with van der Waals surface area (Å²) in [6.45, 7) is 4.71. The minimum atomic E-state index is -0.460. The van der Waals surface area contributed by atoms with Crippen molar-refractivity contribution in [2.24, 2.45) is 0 Å². The van der Waals surface area contributed by atoms with Gasteiger partial charge in [-0.05, 0) is 23.6 Å².